The molecular formula is C20H24N2O3. The first-order valence-corrected chi connectivity index (χ1v) is 8.12. The Morgan fingerprint density at radius 1 is 1.12 bits per heavy atom. The van der Waals surface area contributed by atoms with Gasteiger partial charge in [0.2, 0.25) is 0 Å². The Kier molecular flexibility index (Phi) is 6.17. The van der Waals surface area contributed by atoms with Gasteiger partial charge in [-0.3, -0.25) is 9.59 Å². The zero-order valence-corrected chi connectivity index (χ0v) is 15.1. The number of aryl methyl sites for hydroxylation is 1. The third kappa shape index (κ3) is 5.08. The molecule has 0 spiro atoms. The van der Waals surface area contributed by atoms with Crippen LogP contribution in [0.4, 0.5) is 5.69 Å². The van der Waals surface area contributed by atoms with Gasteiger partial charge in [-0.1, -0.05) is 35.9 Å². The number of hydrogen-bond acceptors (Lipinski definition) is 4. The van der Waals surface area contributed by atoms with Gasteiger partial charge in [0.1, 0.15) is 0 Å². The van der Waals surface area contributed by atoms with E-state index in [4.69, 9.17) is 4.74 Å². The molecule has 1 amide bonds. The first kappa shape index (κ1) is 18.5. The number of benzene rings is 2. The molecule has 1 N–H and O–H groups in total. The Bertz CT molecular complexity index is 739. The summed E-state index contributed by atoms with van der Waals surface area (Å²) in [6.07, 6.45) is 0.0820. The quantitative estimate of drug-likeness (QED) is 0.821. The Labute approximate surface area is 148 Å². The van der Waals surface area contributed by atoms with Crippen LogP contribution in [-0.4, -0.2) is 33.1 Å². The van der Waals surface area contributed by atoms with Crippen molar-refractivity contribution in [3.63, 3.8) is 0 Å². The van der Waals surface area contributed by atoms with Gasteiger partial charge in [-0.15, -0.1) is 0 Å². The molecule has 0 radical (unpaired) electrons. The second-order valence-electron chi connectivity index (χ2n) is 6.16. The summed E-state index contributed by atoms with van der Waals surface area (Å²) in [6, 6.07) is 14.7. The van der Waals surface area contributed by atoms with Crippen LogP contribution in [-0.2, 0) is 9.53 Å². The molecule has 0 unspecified atom stereocenters. The highest BCUT2D eigenvalue weighted by atomic mass is 16.5. The van der Waals surface area contributed by atoms with Gasteiger partial charge < -0.3 is 15.0 Å². The maximum Gasteiger partial charge on any atom is 0.307 e. The number of rotatable bonds is 6. The number of nitrogens with zero attached hydrogens (tertiary/aromatic N) is 1. The van der Waals surface area contributed by atoms with E-state index in [0.717, 1.165) is 16.8 Å². The highest BCUT2D eigenvalue weighted by molar-refractivity contribution is 5.95. The Morgan fingerprint density at radius 3 is 2.40 bits per heavy atom. The van der Waals surface area contributed by atoms with E-state index in [-0.39, 0.29) is 18.3 Å². The van der Waals surface area contributed by atoms with Crippen molar-refractivity contribution in [1.82, 2.24) is 5.32 Å². The summed E-state index contributed by atoms with van der Waals surface area (Å²) < 4.78 is 4.77. The van der Waals surface area contributed by atoms with Gasteiger partial charge in [-0.05, 0) is 30.7 Å². The predicted octanol–water partition coefficient (Wildman–Crippen LogP) is 3.10. The number of anilines is 1. The lowest BCUT2D eigenvalue weighted by Gasteiger charge is -2.19. The van der Waals surface area contributed by atoms with Crippen LogP contribution in [0.1, 0.15) is 33.9 Å². The smallest absolute Gasteiger partial charge is 0.307 e. The minimum Gasteiger partial charge on any atom is -0.469 e. The van der Waals surface area contributed by atoms with Gasteiger partial charge in [0.25, 0.3) is 5.91 Å². The van der Waals surface area contributed by atoms with E-state index in [2.05, 4.69) is 5.32 Å². The second-order valence-corrected chi connectivity index (χ2v) is 6.16. The molecule has 0 saturated heterocycles. The van der Waals surface area contributed by atoms with Crippen LogP contribution in [0.25, 0.3) is 0 Å². The third-order valence-corrected chi connectivity index (χ3v) is 4.01. The van der Waals surface area contributed by atoms with E-state index < -0.39 is 6.04 Å². The van der Waals surface area contributed by atoms with Crippen molar-refractivity contribution >= 4 is 17.6 Å². The summed E-state index contributed by atoms with van der Waals surface area (Å²) in [5.74, 6) is -0.592. The number of methoxy groups -OCH3 is 1. The van der Waals surface area contributed by atoms with E-state index in [9.17, 15) is 9.59 Å². The monoisotopic (exact) mass is 340 g/mol. The summed E-state index contributed by atoms with van der Waals surface area (Å²) in [4.78, 5) is 26.3. The van der Waals surface area contributed by atoms with Gasteiger partial charge in [0, 0.05) is 25.3 Å². The lowest BCUT2D eigenvalue weighted by Crippen LogP contribution is -2.30. The molecular weight excluding hydrogens is 316 g/mol. The molecule has 132 valence electrons. The maximum atomic E-state index is 12.7. The van der Waals surface area contributed by atoms with Crippen LogP contribution in [0.3, 0.4) is 0 Å². The fourth-order valence-electron chi connectivity index (χ4n) is 2.47. The van der Waals surface area contributed by atoms with Crippen molar-refractivity contribution < 1.29 is 14.3 Å². The fraction of sp³-hybridized carbons (Fsp3) is 0.300. The number of nitrogens with one attached hydrogen (secondary N) is 1. The van der Waals surface area contributed by atoms with E-state index >= 15 is 0 Å². The number of carbonyl (C=O) groups is 2. The van der Waals surface area contributed by atoms with Crippen molar-refractivity contribution in [2.75, 3.05) is 26.1 Å². The maximum absolute atomic E-state index is 12.7. The third-order valence-electron chi connectivity index (χ3n) is 4.01. The average molecular weight is 340 g/mol. The summed E-state index contributed by atoms with van der Waals surface area (Å²) in [7, 11) is 5.18. The summed E-state index contributed by atoms with van der Waals surface area (Å²) in [5.41, 5.74) is 3.47. The first-order chi connectivity index (χ1) is 11.9. The summed E-state index contributed by atoms with van der Waals surface area (Å²) in [6.45, 7) is 1.99. The van der Waals surface area contributed by atoms with Crippen LogP contribution in [0.15, 0.2) is 48.5 Å². The number of hydrogen-bond donors (Lipinski definition) is 1. The SMILES string of the molecule is COC(=O)C[C@@H](NC(=O)c1cccc(N(C)C)c1)c1ccc(C)cc1. The molecule has 2 rings (SSSR count). The molecule has 0 aliphatic rings. The Hall–Kier alpha value is -2.82. The standard InChI is InChI=1S/C20H24N2O3/c1-14-8-10-15(11-9-14)18(13-19(23)25-4)21-20(24)16-6-5-7-17(12-16)22(2)3/h5-12,18H,13H2,1-4H3,(H,21,24)/t18-/m1/s1. The van der Waals surface area contributed by atoms with E-state index in [1.165, 1.54) is 7.11 Å². The van der Waals surface area contributed by atoms with Gasteiger partial charge in [-0.25, -0.2) is 0 Å². The second kappa shape index (κ2) is 8.33. The van der Waals surface area contributed by atoms with Crippen LogP contribution < -0.4 is 10.2 Å². The Morgan fingerprint density at radius 2 is 1.80 bits per heavy atom. The molecule has 0 fully saturated rings. The summed E-state index contributed by atoms with van der Waals surface area (Å²) >= 11 is 0. The topological polar surface area (TPSA) is 58.6 Å². The Balaban J connectivity index is 2.23. The average Bonchev–Trinajstić information content (AvgIpc) is 2.61. The van der Waals surface area contributed by atoms with Gasteiger partial charge in [-0.2, -0.15) is 0 Å². The number of amides is 1. The van der Waals surface area contributed by atoms with Crippen molar-refractivity contribution in [3.05, 3.63) is 65.2 Å². The lowest BCUT2D eigenvalue weighted by atomic mass is 10.0. The van der Waals surface area contributed by atoms with Gasteiger partial charge >= 0.3 is 5.97 Å². The summed E-state index contributed by atoms with van der Waals surface area (Å²) in [5, 5.41) is 2.94. The minimum absolute atomic E-state index is 0.0820. The molecule has 0 heterocycles. The van der Waals surface area contributed by atoms with Crippen molar-refractivity contribution in [1.29, 1.82) is 0 Å². The van der Waals surface area contributed by atoms with Crippen LogP contribution >= 0.6 is 0 Å². The molecule has 2 aromatic rings. The normalized spacial score (nSPS) is 11.5. The van der Waals surface area contributed by atoms with Gasteiger partial charge in [0.05, 0.1) is 19.6 Å². The number of carbonyl (C=O) groups excluding carboxylic acids is 2. The minimum atomic E-state index is -0.441. The molecule has 0 saturated carbocycles. The molecule has 5 heteroatoms. The number of ether oxygens (including phenoxy) is 1. The van der Waals surface area contributed by atoms with E-state index in [0.29, 0.717) is 5.56 Å². The predicted molar refractivity (Wildman–Crippen MR) is 98.8 cm³/mol. The van der Waals surface area contributed by atoms with E-state index in [1.807, 2.05) is 68.4 Å². The molecule has 25 heavy (non-hydrogen) atoms. The highest BCUT2D eigenvalue weighted by Gasteiger charge is 2.20. The van der Waals surface area contributed by atoms with Crippen molar-refractivity contribution in [2.45, 2.75) is 19.4 Å². The largest absolute Gasteiger partial charge is 0.469 e. The molecule has 0 aromatic heterocycles. The number of esters is 1. The zero-order valence-electron chi connectivity index (χ0n) is 15.1. The highest BCUT2D eigenvalue weighted by Crippen LogP contribution is 2.20. The molecule has 5 nitrogen and oxygen atoms in total. The van der Waals surface area contributed by atoms with Crippen LogP contribution in [0.2, 0.25) is 0 Å². The van der Waals surface area contributed by atoms with Gasteiger partial charge in [0.15, 0.2) is 0 Å². The van der Waals surface area contributed by atoms with Crippen molar-refractivity contribution in [2.24, 2.45) is 0 Å². The molecule has 0 aliphatic carbocycles. The fourth-order valence-corrected chi connectivity index (χ4v) is 2.47. The molecule has 1 atom stereocenters. The molecule has 2 aromatic carbocycles. The zero-order chi connectivity index (χ0) is 18.4. The molecule has 0 aliphatic heterocycles. The van der Waals surface area contributed by atoms with E-state index in [1.54, 1.807) is 6.07 Å². The molecule has 0 bridgehead atoms. The first-order valence-electron chi connectivity index (χ1n) is 8.12. The van der Waals surface area contributed by atoms with Crippen LogP contribution in [0, 0.1) is 6.92 Å². The van der Waals surface area contributed by atoms with Crippen molar-refractivity contribution in [3.8, 4) is 0 Å². The van der Waals surface area contributed by atoms with Crippen LogP contribution in [0.5, 0.6) is 0 Å². The lowest BCUT2D eigenvalue weighted by molar-refractivity contribution is -0.141.